The van der Waals surface area contributed by atoms with Crippen LogP contribution in [-0.4, -0.2) is 54.1 Å². The smallest absolute Gasteiger partial charge is 0.337 e. The molecule has 0 radical (unpaired) electrons. The summed E-state index contributed by atoms with van der Waals surface area (Å²) in [4.78, 5) is 40.0. The largest absolute Gasteiger partial charge is 0.466 e. The third-order valence-electron chi connectivity index (χ3n) is 7.44. The SMILES string of the molecule is COC(=O)C1=C(C)NC(C)=C(C(=O)O[C@]2(C)CCN(CCCc3ccccc3)C2)[C@H]1c1cccc([N+](=O)[O-])c1. The molecule has 2 aliphatic heterocycles. The molecule has 0 amide bonds. The topological polar surface area (TPSA) is 111 Å². The highest BCUT2D eigenvalue weighted by Gasteiger charge is 2.42. The molecule has 9 heteroatoms. The van der Waals surface area contributed by atoms with Crippen LogP contribution in [0, 0.1) is 10.1 Å². The highest BCUT2D eigenvalue weighted by molar-refractivity contribution is 6.00. The van der Waals surface area contributed by atoms with E-state index in [4.69, 9.17) is 9.47 Å². The molecule has 2 aliphatic rings. The monoisotopic (exact) mass is 533 g/mol. The first-order valence-electron chi connectivity index (χ1n) is 13.1. The first-order valence-corrected chi connectivity index (χ1v) is 13.1. The van der Waals surface area contributed by atoms with Gasteiger partial charge in [-0.15, -0.1) is 0 Å². The number of aryl methyl sites for hydroxylation is 1. The van der Waals surface area contributed by atoms with Crippen molar-refractivity contribution >= 4 is 17.6 Å². The number of hydrogen-bond acceptors (Lipinski definition) is 8. The summed E-state index contributed by atoms with van der Waals surface area (Å²) in [6.07, 6.45) is 2.67. The molecule has 1 saturated heterocycles. The van der Waals surface area contributed by atoms with Crippen molar-refractivity contribution in [2.45, 2.75) is 51.6 Å². The predicted octanol–water partition coefficient (Wildman–Crippen LogP) is 4.64. The molecule has 0 aromatic heterocycles. The lowest BCUT2D eigenvalue weighted by Crippen LogP contribution is -2.39. The molecule has 2 aromatic carbocycles. The molecule has 206 valence electrons. The minimum absolute atomic E-state index is 0.132. The minimum atomic E-state index is -0.877. The van der Waals surface area contributed by atoms with Gasteiger partial charge in [-0.25, -0.2) is 9.59 Å². The molecule has 0 saturated carbocycles. The minimum Gasteiger partial charge on any atom is -0.466 e. The van der Waals surface area contributed by atoms with Gasteiger partial charge in [-0.1, -0.05) is 42.5 Å². The Morgan fingerprint density at radius 1 is 1.08 bits per heavy atom. The summed E-state index contributed by atoms with van der Waals surface area (Å²) in [5.74, 6) is -2.05. The molecule has 2 heterocycles. The predicted molar refractivity (Wildman–Crippen MR) is 147 cm³/mol. The highest BCUT2D eigenvalue weighted by atomic mass is 16.6. The normalized spacial score (nSPS) is 21.5. The number of esters is 2. The summed E-state index contributed by atoms with van der Waals surface area (Å²) in [7, 11) is 1.27. The molecule has 39 heavy (non-hydrogen) atoms. The second-order valence-corrected chi connectivity index (χ2v) is 10.4. The Morgan fingerprint density at radius 3 is 2.44 bits per heavy atom. The molecule has 1 N–H and O–H groups in total. The molecule has 1 fully saturated rings. The van der Waals surface area contributed by atoms with Crippen molar-refractivity contribution in [3.63, 3.8) is 0 Å². The number of methoxy groups -OCH3 is 1. The van der Waals surface area contributed by atoms with Gasteiger partial charge in [-0.3, -0.25) is 15.0 Å². The molecular formula is C30H35N3O6. The van der Waals surface area contributed by atoms with Crippen molar-refractivity contribution in [3.8, 4) is 0 Å². The number of ether oxygens (including phenoxy) is 2. The van der Waals surface area contributed by atoms with E-state index < -0.39 is 28.4 Å². The Labute approximate surface area is 228 Å². The fourth-order valence-corrected chi connectivity index (χ4v) is 5.53. The Bertz CT molecular complexity index is 1320. The molecule has 0 unspecified atom stereocenters. The van der Waals surface area contributed by atoms with E-state index in [1.165, 1.54) is 24.8 Å². The zero-order valence-corrected chi connectivity index (χ0v) is 22.9. The molecular weight excluding hydrogens is 498 g/mol. The number of nitrogens with zero attached hydrogens (tertiary/aromatic N) is 2. The first kappa shape index (κ1) is 28.0. The van der Waals surface area contributed by atoms with Crippen LogP contribution in [0.25, 0.3) is 0 Å². The lowest BCUT2D eigenvalue weighted by Gasteiger charge is -2.32. The fourth-order valence-electron chi connectivity index (χ4n) is 5.53. The number of rotatable bonds is 9. The number of dihydropyridines is 1. The molecule has 9 nitrogen and oxygen atoms in total. The summed E-state index contributed by atoms with van der Waals surface area (Å²) in [5, 5.41) is 14.6. The summed E-state index contributed by atoms with van der Waals surface area (Å²) in [6.45, 7) is 7.71. The molecule has 2 atom stereocenters. The quantitative estimate of drug-likeness (QED) is 0.282. The molecule has 2 aromatic rings. The summed E-state index contributed by atoms with van der Waals surface area (Å²) < 4.78 is 11.2. The maximum atomic E-state index is 13.8. The lowest BCUT2D eigenvalue weighted by molar-refractivity contribution is -0.384. The van der Waals surface area contributed by atoms with Gasteiger partial charge >= 0.3 is 11.9 Å². The van der Waals surface area contributed by atoms with Crippen LogP contribution in [0.5, 0.6) is 0 Å². The highest BCUT2D eigenvalue weighted by Crippen LogP contribution is 2.41. The van der Waals surface area contributed by atoms with Crippen molar-refractivity contribution in [2.24, 2.45) is 0 Å². The van der Waals surface area contributed by atoms with E-state index in [0.29, 0.717) is 29.9 Å². The number of carbonyl (C=O) groups excluding carboxylic acids is 2. The third-order valence-corrected chi connectivity index (χ3v) is 7.44. The average molecular weight is 534 g/mol. The van der Waals surface area contributed by atoms with E-state index in [0.717, 1.165) is 25.9 Å². The number of nitro groups is 1. The van der Waals surface area contributed by atoms with E-state index in [9.17, 15) is 19.7 Å². The number of likely N-dealkylation sites (tertiary alicyclic amines) is 1. The van der Waals surface area contributed by atoms with Gasteiger partial charge in [0, 0.05) is 43.0 Å². The Morgan fingerprint density at radius 2 is 1.77 bits per heavy atom. The standard InChI is InChI=1S/C30H35N3O6/c1-20-25(28(34)38-4)27(23-13-8-14-24(18-23)33(36)37)26(21(2)31-20)29(35)39-30(3)15-17-32(19-30)16-9-12-22-10-6-5-7-11-22/h5-8,10-11,13-14,18,27,31H,9,12,15-17,19H2,1-4H3/t27-,30+/m0/s1. The van der Waals surface area contributed by atoms with Gasteiger partial charge in [0.15, 0.2) is 0 Å². The van der Waals surface area contributed by atoms with Crippen LogP contribution in [0.15, 0.2) is 77.1 Å². The summed E-state index contributed by atoms with van der Waals surface area (Å²) in [6, 6.07) is 16.3. The van der Waals surface area contributed by atoms with Gasteiger partial charge in [-0.2, -0.15) is 0 Å². The van der Waals surface area contributed by atoms with Crippen LogP contribution in [0.3, 0.4) is 0 Å². The van der Waals surface area contributed by atoms with E-state index in [1.54, 1.807) is 26.0 Å². The first-order chi connectivity index (χ1) is 18.6. The number of nitrogens with one attached hydrogen (secondary N) is 1. The summed E-state index contributed by atoms with van der Waals surface area (Å²) in [5.41, 5.74) is 2.41. The number of hydrogen-bond donors (Lipinski definition) is 1. The second-order valence-electron chi connectivity index (χ2n) is 10.4. The van der Waals surface area contributed by atoms with Gasteiger partial charge in [0.1, 0.15) is 5.60 Å². The van der Waals surface area contributed by atoms with Crippen molar-refractivity contribution in [3.05, 3.63) is 98.4 Å². The van der Waals surface area contributed by atoms with Crippen LogP contribution in [0.4, 0.5) is 5.69 Å². The van der Waals surface area contributed by atoms with Crippen molar-refractivity contribution in [1.29, 1.82) is 0 Å². The van der Waals surface area contributed by atoms with Gasteiger partial charge in [0.25, 0.3) is 5.69 Å². The number of non-ortho nitro benzene ring substituents is 1. The summed E-state index contributed by atoms with van der Waals surface area (Å²) >= 11 is 0. The van der Waals surface area contributed by atoms with Gasteiger partial charge in [0.05, 0.1) is 29.1 Å². The third kappa shape index (κ3) is 6.37. The van der Waals surface area contributed by atoms with Crippen LogP contribution in [0.2, 0.25) is 0 Å². The maximum absolute atomic E-state index is 13.8. The zero-order chi connectivity index (χ0) is 28.2. The van der Waals surface area contributed by atoms with Crippen LogP contribution >= 0.6 is 0 Å². The van der Waals surface area contributed by atoms with Crippen molar-refractivity contribution in [2.75, 3.05) is 26.7 Å². The van der Waals surface area contributed by atoms with Gasteiger partial charge < -0.3 is 14.8 Å². The van der Waals surface area contributed by atoms with E-state index in [1.807, 2.05) is 25.1 Å². The van der Waals surface area contributed by atoms with Crippen molar-refractivity contribution in [1.82, 2.24) is 10.2 Å². The van der Waals surface area contributed by atoms with Crippen LogP contribution < -0.4 is 5.32 Å². The van der Waals surface area contributed by atoms with E-state index in [2.05, 4.69) is 22.3 Å². The lowest BCUT2D eigenvalue weighted by atomic mass is 9.80. The second kappa shape index (κ2) is 11.8. The van der Waals surface area contributed by atoms with Gasteiger partial charge in [-0.05, 0) is 51.3 Å². The van der Waals surface area contributed by atoms with E-state index >= 15 is 0 Å². The van der Waals surface area contributed by atoms with Crippen LogP contribution in [-0.2, 0) is 25.5 Å². The number of nitro benzene ring substituents is 1. The van der Waals surface area contributed by atoms with Gasteiger partial charge in [0.2, 0.25) is 0 Å². The fraction of sp³-hybridized carbons (Fsp3) is 0.400. The number of benzene rings is 2. The molecule has 4 rings (SSSR count). The number of allylic oxidation sites excluding steroid dienone is 2. The average Bonchev–Trinajstić information content (AvgIpc) is 3.28. The maximum Gasteiger partial charge on any atom is 0.337 e. The van der Waals surface area contributed by atoms with E-state index in [-0.39, 0.29) is 16.8 Å². The Kier molecular flexibility index (Phi) is 8.50. The number of carbonyl (C=O) groups is 2. The van der Waals surface area contributed by atoms with Crippen molar-refractivity contribution < 1.29 is 24.0 Å². The Hall–Kier alpha value is -3.98. The Balaban J connectivity index is 1.54. The molecule has 0 bridgehead atoms. The molecule has 0 spiro atoms. The van der Waals surface area contributed by atoms with Crippen LogP contribution in [0.1, 0.15) is 50.7 Å². The molecule has 0 aliphatic carbocycles. The zero-order valence-electron chi connectivity index (χ0n) is 22.9.